The molecule has 168 valence electrons. The van der Waals surface area contributed by atoms with Crippen molar-refractivity contribution in [3.05, 3.63) is 53.6 Å². The van der Waals surface area contributed by atoms with Crippen LogP contribution in [0.4, 0.5) is 17.6 Å². The fraction of sp³-hybridized carbons (Fsp3) is 0.400. The van der Waals surface area contributed by atoms with Gasteiger partial charge in [0.2, 0.25) is 0 Å². The molecular weight excluding hydrogens is 438 g/mol. The van der Waals surface area contributed by atoms with Crippen molar-refractivity contribution in [2.45, 2.75) is 31.5 Å². The van der Waals surface area contributed by atoms with Crippen molar-refractivity contribution in [2.24, 2.45) is 0 Å². The van der Waals surface area contributed by atoms with Crippen molar-refractivity contribution in [2.75, 3.05) is 19.6 Å². The molecule has 0 saturated carbocycles. The number of ether oxygens (including phenoxy) is 1. The number of carboxylic acid groups (broad SMARTS) is 1. The molecule has 11 heteroatoms. The van der Waals surface area contributed by atoms with Gasteiger partial charge in [0.05, 0.1) is 5.69 Å². The van der Waals surface area contributed by atoms with Crippen LogP contribution in [0.25, 0.3) is 4.96 Å². The molecular formula is C20H21F4N3O3S. The van der Waals surface area contributed by atoms with Gasteiger partial charge in [-0.2, -0.15) is 13.2 Å². The van der Waals surface area contributed by atoms with Gasteiger partial charge in [-0.15, -0.1) is 11.3 Å². The highest BCUT2D eigenvalue weighted by Crippen LogP contribution is 2.20. The molecule has 31 heavy (non-hydrogen) atoms. The number of thiazole rings is 1. The maximum absolute atomic E-state index is 13.2. The van der Waals surface area contributed by atoms with Crippen LogP contribution < -0.4 is 4.74 Å². The molecule has 0 spiro atoms. The molecule has 0 aliphatic carbocycles. The molecule has 0 atom stereocenters. The summed E-state index contributed by atoms with van der Waals surface area (Å²) in [6.07, 6.45) is 2.20. The van der Waals surface area contributed by atoms with E-state index in [0.717, 1.165) is 49.6 Å². The second-order valence-corrected chi connectivity index (χ2v) is 7.87. The first-order valence-electron chi connectivity index (χ1n) is 9.56. The molecule has 1 saturated heterocycles. The zero-order valence-electron chi connectivity index (χ0n) is 16.4. The molecule has 1 aliphatic rings. The molecule has 1 aromatic carbocycles. The van der Waals surface area contributed by atoms with Crippen LogP contribution in [0, 0.1) is 5.82 Å². The van der Waals surface area contributed by atoms with Crippen LogP contribution in [0.2, 0.25) is 0 Å². The maximum Gasteiger partial charge on any atom is 0.490 e. The largest absolute Gasteiger partial charge is 0.490 e. The summed E-state index contributed by atoms with van der Waals surface area (Å²) in [5.41, 5.74) is 1.15. The smallest absolute Gasteiger partial charge is 0.490 e. The lowest BCUT2D eigenvalue weighted by atomic mass is 10.1. The number of aliphatic carboxylic acids is 1. The molecule has 1 fully saturated rings. The first-order valence-corrected chi connectivity index (χ1v) is 10.4. The highest BCUT2D eigenvalue weighted by Gasteiger charge is 2.38. The summed E-state index contributed by atoms with van der Waals surface area (Å²) < 4.78 is 52.9. The molecule has 3 aromatic rings. The number of fused-ring (bicyclic) bond motifs is 1. The van der Waals surface area contributed by atoms with E-state index >= 15 is 0 Å². The Morgan fingerprint density at radius 2 is 2.00 bits per heavy atom. The summed E-state index contributed by atoms with van der Waals surface area (Å²) >= 11 is 1.67. The van der Waals surface area contributed by atoms with Gasteiger partial charge in [-0.05, 0) is 25.0 Å². The van der Waals surface area contributed by atoms with E-state index in [1.54, 1.807) is 17.4 Å². The molecule has 0 amide bonds. The molecule has 1 N–H and O–H groups in total. The Hall–Kier alpha value is -2.66. The summed E-state index contributed by atoms with van der Waals surface area (Å²) in [5.74, 6) is -2.37. The molecule has 0 unspecified atom stereocenters. The van der Waals surface area contributed by atoms with Gasteiger partial charge in [-0.1, -0.05) is 6.07 Å². The minimum atomic E-state index is -5.08. The number of imidazole rings is 1. The molecule has 6 nitrogen and oxygen atoms in total. The van der Waals surface area contributed by atoms with Crippen LogP contribution in [0.15, 0.2) is 42.0 Å². The number of nitrogens with zero attached hydrogens (tertiary/aromatic N) is 3. The summed E-state index contributed by atoms with van der Waals surface area (Å²) in [6, 6.07) is 6.40. The van der Waals surface area contributed by atoms with Crippen molar-refractivity contribution in [1.29, 1.82) is 0 Å². The Labute approximate surface area is 179 Å². The van der Waals surface area contributed by atoms with Crippen LogP contribution in [-0.4, -0.2) is 57.3 Å². The van der Waals surface area contributed by atoms with Crippen LogP contribution in [0.1, 0.15) is 18.5 Å². The number of hydrogen-bond acceptors (Lipinski definition) is 5. The summed E-state index contributed by atoms with van der Waals surface area (Å²) in [5, 5.41) is 9.18. The zero-order chi connectivity index (χ0) is 22.4. The quantitative estimate of drug-likeness (QED) is 0.578. The number of hydrogen-bond donors (Lipinski definition) is 1. The predicted octanol–water partition coefficient (Wildman–Crippen LogP) is 4.25. The first kappa shape index (κ1) is 23.0. The van der Waals surface area contributed by atoms with E-state index < -0.39 is 12.1 Å². The predicted molar refractivity (Wildman–Crippen MR) is 107 cm³/mol. The molecule has 0 radical (unpaired) electrons. The minimum absolute atomic E-state index is 0.181. The van der Waals surface area contributed by atoms with E-state index in [1.807, 2.05) is 12.3 Å². The topological polar surface area (TPSA) is 67.1 Å². The number of carboxylic acids is 1. The molecule has 3 heterocycles. The molecule has 4 rings (SSSR count). The minimum Gasteiger partial charge on any atom is -0.490 e. The zero-order valence-corrected chi connectivity index (χ0v) is 17.2. The Balaban J connectivity index is 0.000000339. The van der Waals surface area contributed by atoms with Gasteiger partial charge in [-0.3, -0.25) is 4.40 Å². The van der Waals surface area contributed by atoms with Crippen LogP contribution in [0.5, 0.6) is 5.75 Å². The van der Waals surface area contributed by atoms with E-state index in [0.29, 0.717) is 5.75 Å². The molecule has 2 aromatic heterocycles. The van der Waals surface area contributed by atoms with Crippen molar-refractivity contribution < 1.29 is 32.2 Å². The average molecular weight is 459 g/mol. The molecule has 0 bridgehead atoms. The Bertz CT molecular complexity index is 968. The normalized spacial score (nSPS) is 15.5. The van der Waals surface area contributed by atoms with Crippen molar-refractivity contribution in [3.8, 4) is 5.75 Å². The van der Waals surface area contributed by atoms with E-state index in [-0.39, 0.29) is 11.9 Å². The van der Waals surface area contributed by atoms with Crippen molar-refractivity contribution in [3.63, 3.8) is 0 Å². The average Bonchev–Trinajstić information content (AvgIpc) is 3.29. The third kappa shape index (κ3) is 6.93. The van der Waals surface area contributed by atoms with Gasteiger partial charge in [0, 0.05) is 49.9 Å². The number of halogens is 4. The number of carbonyl (C=O) groups is 1. The highest BCUT2D eigenvalue weighted by atomic mass is 32.1. The van der Waals surface area contributed by atoms with Gasteiger partial charge in [0.1, 0.15) is 17.7 Å². The Kier molecular flexibility index (Phi) is 7.50. The fourth-order valence-electron chi connectivity index (χ4n) is 3.15. The van der Waals surface area contributed by atoms with Gasteiger partial charge in [-0.25, -0.2) is 14.2 Å². The standard InChI is InChI=1S/C18H20FN3OS.C2HF3O2/c19-14-2-1-3-17(12-14)23-16-5-8-21(9-6-16)7-4-15-13-22-10-11-24-18(22)20-15;3-2(4,5)1(6)7/h1-3,10-13,16H,4-9H2;(H,6,7). The second kappa shape index (κ2) is 10.1. The Morgan fingerprint density at radius 3 is 2.61 bits per heavy atom. The number of likely N-dealkylation sites (tertiary alicyclic amines) is 1. The number of alkyl halides is 3. The van der Waals surface area contributed by atoms with Crippen LogP contribution in [0.3, 0.4) is 0 Å². The fourth-order valence-corrected chi connectivity index (χ4v) is 3.87. The van der Waals surface area contributed by atoms with E-state index in [2.05, 4.69) is 25.9 Å². The van der Waals surface area contributed by atoms with Crippen LogP contribution in [-0.2, 0) is 11.2 Å². The summed E-state index contributed by atoms with van der Waals surface area (Å²) in [4.78, 5) is 17.0. The third-order valence-corrected chi connectivity index (χ3v) is 5.47. The lowest BCUT2D eigenvalue weighted by Crippen LogP contribution is -2.39. The van der Waals surface area contributed by atoms with E-state index in [4.69, 9.17) is 14.6 Å². The summed E-state index contributed by atoms with van der Waals surface area (Å²) in [7, 11) is 0. The monoisotopic (exact) mass is 459 g/mol. The Morgan fingerprint density at radius 1 is 1.29 bits per heavy atom. The second-order valence-electron chi connectivity index (χ2n) is 6.99. The van der Waals surface area contributed by atoms with Gasteiger partial charge in [0.25, 0.3) is 0 Å². The lowest BCUT2D eigenvalue weighted by molar-refractivity contribution is -0.192. The first-order chi connectivity index (χ1) is 14.7. The van der Waals surface area contributed by atoms with Crippen molar-refractivity contribution in [1.82, 2.24) is 14.3 Å². The third-order valence-electron chi connectivity index (χ3n) is 4.70. The number of benzene rings is 1. The SMILES string of the molecule is Fc1cccc(OC2CCN(CCc3cn4ccsc4n3)CC2)c1.O=C(O)C(F)(F)F. The van der Waals surface area contributed by atoms with Gasteiger partial charge >= 0.3 is 12.1 Å². The van der Waals surface area contributed by atoms with Gasteiger partial charge < -0.3 is 14.7 Å². The lowest BCUT2D eigenvalue weighted by Gasteiger charge is -2.32. The number of rotatable bonds is 5. The van der Waals surface area contributed by atoms with E-state index in [9.17, 15) is 17.6 Å². The van der Waals surface area contributed by atoms with Gasteiger partial charge in [0.15, 0.2) is 4.96 Å². The number of aromatic nitrogens is 2. The van der Waals surface area contributed by atoms with E-state index in [1.165, 1.54) is 12.1 Å². The number of piperidine rings is 1. The van der Waals surface area contributed by atoms with Crippen LogP contribution >= 0.6 is 11.3 Å². The summed E-state index contributed by atoms with van der Waals surface area (Å²) in [6.45, 7) is 3.06. The highest BCUT2D eigenvalue weighted by molar-refractivity contribution is 7.15. The van der Waals surface area contributed by atoms with Crippen molar-refractivity contribution >= 4 is 22.3 Å². The molecule has 1 aliphatic heterocycles. The maximum atomic E-state index is 13.2.